The van der Waals surface area contributed by atoms with Crippen LogP contribution in [-0.4, -0.2) is 66.1 Å². The quantitative estimate of drug-likeness (QED) is 0.122. The second-order valence-electron chi connectivity index (χ2n) is 11.0. The SMILES string of the molecule is O=C(N[C@@H](CO)C(=O)OC[C@H](NC(=O)OCc1ccccc1)C(=O)OCc1ccc2c(c1)C(=O)c1ccccc1C2=O)OCc1ccccc1. The van der Waals surface area contributed by atoms with Gasteiger partial charge < -0.3 is 34.7 Å². The zero-order valence-corrected chi connectivity index (χ0v) is 26.5. The third-order valence-electron chi connectivity index (χ3n) is 7.52. The second-order valence-corrected chi connectivity index (χ2v) is 11.0. The van der Waals surface area contributed by atoms with Gasteiger partial charge in [0.1, 0.15) is 26.4 Å². The predicted molar refractivity (Wildman–Crippen MR) is 175 cm³/mol. The van der Waals surface area contributed by atoms with E-state index >= 15 is 0 Å². The normalized spacial score (nSPS) is 12.7. The number of benzene rings is 4. The Kier molecular flexibility index (Phi) is 11.7. The number of esters is 2. The highest BCUT2D eigenvalue weighted by Gasteiger charge is 2.31. The standard InChI is InChI=1S/C37H32N2O11/c40-18-30(38-36(45)49-19-23-9-3-1-4-10-23)34(43)48-22-31(39-37(46)50-20-24-11-5-2-6-12-24)35(44)47-21-25-15-16-28-29(17-25)33(42)27-14-8-7-13-26(27)32(28)41/h1-17,30-31,40H,18-22H2,(H,38,45)(H,39,46)/t30-,31-/m0/s1. The molecule has 0 fully saturated rings. The number of carbonyl (C=O) groups is 6. The molecule has 0 aromatic heterocycles. The number of fused-ring (bicyclic) bond motifs is 2. The van der Waals surface area contributed by atoms with Gasteiger partial charge in [0.2, 0.25) is 0 Å². The van der Waals surface area contributed by atoms with E-state index in [1.165, 1.54) is 18.2 Å². The summed E-state index contributed by atoms with van der Waals surface area (Å²) in [5.41, 5.74) is 2.67. The van der Waals surface area contributed by atoms with Gasteiger partial charge in [-0.15, -0.1) is 0 Å². The van der Waals surface area contributed by atoms with Crippen LogP contribution in [0.2, 0.25) is 0 Å². The summed E-state index contributed by atoms with van der Waals surface area (Å²) < 4.78 is 20.8. The highest BCUT2D eigenvalue weighted by Crippen LogP contribution is 2.28. The first-order valence-corrected chi connectivity index (χ1v) is 15.4. The van der Waals surface area contributed by atoms with Crippen molar-refractivity contribution in [3.8, 4) is 0 Å². The molecule has 0 spiro atoms. The third-order valence-corrected chi connectivity index (χ3v) is 7.52. The minimum Gasteiger partial charge on any atom is -0.461 e. The van der Waals surface area contributed by atoms with Crippen molar-refractivity contribution in [1.82, 2.24) is 10.6 Å². The Balaban J connectivity index is 1.21. The van der Waals surface area contributed by atoms with Gasteiger partial charge in [0, 0.05) is 22.3 Å². The van der Waals surface area contributed by atoms with Crippen molar-refractivity contribution in [1.29, 1.82) is 0 Å². The lowest BCUT2D eigenvalue weighted by Gasteiger charge is -2.20. The minimum atomic E-state index is -1.58. The number of hydrogen-bond acceptors (Lipinski definition) is 11. The third kappa shape index (κ3) is 8.96. The molecule has 2 atom stereocenters. The molecule has 0 heterocycles. The van der Waals surface area contributed by atoms with Crippen molar-refractivity contribution in [2.45, 2.75) is 31.9 Å². The maximum absolute atomic E-state index is 13.2. The summed E-state index contributed by atoms with van der Waals surface area (Å²) in [5, 5.41) is 14.2. The lowest BCUT2D eigenvalue weighted by molar-refractivity contribution is -0.154. The Morgan fingerprint density at radius 2 is 0.980 bits per heavy atom. The van der Waals surface area contributed by atoms with Crippen LogP contribution < -0.4 is 10.6 Å². The maximum Gasteiger partial charge on any atom is 0.408 e. The van der Waals surface area contributed by atoms with Crippen LogP contribution in [0.3, 0.4) is 0 Å². The summed E-state index contributed by atoms with van der Waals surface area (Å²) in [7, 11) is 0. The highest BCUT2D eigenvalue weighted by molar-refractivity contribution is 6.28. The van der Waals surface area contributed by atoms with Crippen molar-refractivity contribution in [3.63, 3.8) is 0 Å². The van der Waals surface area contributed by atoms with E-state index in [0.29, 0.717) is 22.3 Å². The fourth-order valence-electron chi connectivity index (χ4n) is 4.92. The molecular formula is C37H32N2O11. The van der Waals surface area contributed by atoms with Crippen LogP contribution in [0, 0.1) is 0 Å². The first-order chi connectivity index (χ1) is 24.2. The number of aliphatic hydroxyl groups excluding tert-OH is 1. The molecule has 50 heavy (non-hydrogen) atoms. The number of nitrogens with one attached hydrogen (secondary N) is 2. The van der Waals surface area contributed by atoms with Gasteiger partial charge in [-0.05, 0) is 28.8 Å². The zero-order valence-electron chi connectivity index (χ0n) is 26.5. The number of hydrogen-bond donors (Lipinski definition) is 3. The molecule has 0 saturated heterocycles. The van der Waals surface area contributed by atoms with Crippen molar-refractivity contribution >= 4 is 35.7 Å². The van der Waals surface area contributed by atoms with E-state index in [1.807, 2.05) is 0 Å². The molecule has 2 amide bonds. The van der Waals surface area contributed by atoms with Gasteiger partial charge in [-0.25, -0.2) is 19.2 Å². The Bertz CT molecular complexity index is 1880. The smallest absolute Gasteiger partial charge is 0.408 e. The fourth-order valence-corrected chi connectivity index (χ4v) is 4.92. The van der Waals surface area contributed by atoms with Gasteiger partial charge >= 0.3 is 24.1 Å². The van der Waals surface area contributed by atoms with Crippen molar-refractivity contribution in [3.05, 3.63) is 142 Å². The number of rotatable bonds is 13. The van der Waals surface area contributed by atoms with Gasteiger partial charge in [-0.1, -0.05) is 91.0 Å². The number of aliphatic hydroxyl groups is 1. The molecule has 1 aliphatic rings. The molecule has 1 aliphatic carbocycles. The molecular weight excluding hydrogens is 648 g/mol. The molecule has 0 unspecified atom stereocenters. The van der Waals surface area contributed by atoms with E-state index in [2.05, 4.69) is 10.6 Å². The van der Waals surface area contributed by atoms with Crippen molar-refractivity contribution < 1.29 is 52.8 Å². The summed E-state index contributed by atoms with van der Waals surface area (Å²) >= 11 is 0. The Hall–Kier alpha value is -6.34. The van der Waals surface area contributed by atoms with Gasteiger partial charge in [0.15, 0.2) is 23.7 Å². The topological polar surface area (TPSA) is 184 Å². The number of ether oxygens (including phenoxy) is 4. The lowest BCUT2D eigenvalue weighted by Crippen LogP contribution is -2.48. The van der Waals surface area contributed by atoms with Crippen molar-refractivity contribution in [2.75, 3.05) is 13.2 Å². The molecule has 4 aromatic rings. The first-order valence-electron chi connectivity index (χ1n) is 15.4. The number of ketones is 2. The van der Waals surface area contributed by atoms with Crippen molar-refractivity contribution in [2.24, 2.45) is 0 Å². The van der Waals surface area contributed by atoms with Crippen LogP contribution in [0.15, 0.2) is 103 Å². The molecule has 0 aliphatic heterocycles. The van der Waals surface area contributed by atoms with Crippen LogP contribution in [0.1, 0.15) is 48.5 Å². The van der Waals surface area contributed by atoms with Crippen LogP contribution in [0.5, 0.6) is 0 Å². The molecule has 0 saturated carbocycles. The van der Waals surface area contributed by atoms with E-state index in [-0.39, 0.29) is 48.1 Å². The Labute approximate surface area is 286 Å². The first kappa shape index (κ1) is 35.0. The average molecular weight is 681 g/mol. The molecule has 0 bridgehead atoms. The van der Waals surface area contributed by atoms with Gasteiger partial charge in [-0.3, -0.25) is 9.59 Å². The van der Waals surface area contributed by atoms with Gasteiger partial charge in [0.25, 0.3) is 0 Å². The van der Waals surface area contributed by atoms with Crippen LogP contribution in [-0.2, 0) is 48.4 Å². The van der Waals surface area contributed by atoms with E-state index in [9.17, 15) is 33.9 Å². The van der Waals surface area contributed by atoms with Crippen LogP contribution in [0.25, 0.3) is 0 Å². The van der Waals surface area contributed by atoms with E-state index in [1.54, 1.807) is 84.9 Å². The summed E-state index contributed by atoms with van der Waals surface area (Å²) in [6.07, 6.45) is -2.03. The monoisotopic (exact) mass is 680 g/mol. The molecule has 256 valence electrons. The van der Waals surface area contributed by atoms with Gasteiger partial charge in [-0.2, -0.15) is 0 Å². The Morgan fingerprint density at radius 1 is 0.520 bits per heavy atom. The summed E-state index contributed by atoms with van der Waals surface area (Å²) in [4.78, 5) is 76.9. The number of amides is 2. The molecule has 5 rings (SSSR count). The second kappa shape index (κ2) is 16.7. The molecule has 13 nitrogen and oxygen atoms in total. The Morgan fingerprint density at radius 3 is 1.54 bits per heavy atom. The lowest BCUT2D eigenvalue weighted by atomic mass is 9.83. The molecule has 0 radical (unpaired) electrons. The highest BCUT2D eigenvalue weighted by atomic mass is 16.6. The molecule has 13 heteroatoms. The molecule has 4 aromatic carbocycles. The largest absolute Gasteiger partial charge is 0.461 e. The van der Waals surface area contributed by atoms with Crippen LogP contribution in [0.4, 0.5) is 9.59 Å². The fraction of sp³-hybridized carbons (Fsp3) is 0.189. The van der Waals surface area contributed by atoms with E-state index in [4.69, 9.17) is 18.9 Å². The maximum atomic E-state index is 13.2. The summed E-state index contributed by atoms with van der Waals surface area (Å²) in [5.74, 6) is -2.82. The average Bonchev–Trinajstić information content (AvgIpc) is 3.15. The summed E-state index contributed by atoms with van der Waals surface area (Å²) in [6, 6.07) is 25.3. The summed E-state index contributed by atoms with van der Waals surface area (Å²) in [6.45, 7) is -2.20. The minimum absolute atomic E-state index is 0.0925. The number of alkyl carbamates (subject to hydrolysis) is 2. The predicted octanol–water partition coefficient (Wildman–Crippen LogP) is 3.63. The van der Waals surface area contributed by atoms with Gasteiger partial charge in [0.05, 0.1) is 6.61 Å². The molecule has 3 N–H and O–H groups in total. The number of carbonyl (C=O) groups excluding carboxylic acids is 6. The van der Waals surface area contributed by atoms with E-state index in [0.717, 1.165) is 0 Å². The van der Waals surface area contributed by atoms with Crippen LogP contribution >= 0.6 is 0 Å². The zero-order chi connectivity index (χ0) is 35.5. The van der Waals surface area contributed by atoms with E-state index < -0.39 is 49.4 Å².